The second kappa shape index (κ2) is 4.17. The Labute approximate surface area is 86.5 Å². The predicted molar refractivity (Wildman–Crippen MR) is 57.1 cm³/mol. The SMILES string of the molecule is CC(C)C(O)C1CC(O)CC(C)(C)N1. The summed E-state index contributed by atoms with van der Waals surface area (Å²) in [6, 6.07) is 0.0220. The lowest BCUT2D eigenvalue weighted by Gasteiger charge is -2.42. The van der Waals surface area contributed by atoms with Gasteiger partial charge in [-0.1, -0.05) is 13.8 Å². The van der Waals surface area contributed by atoms with Crippen LogP contribution in [0.15, 0.2) is 0 Å². The van der Waals surface area contributed by atoms with Crippen LogP contribution in [0.3, 0.4) is 0 Å². The quantitative estimate of drug-likeness (QED) is 0.622. The van der Waals surface area contributed by atoms with Crippen LogP contribution in [-0.2, 0) is 0 Å². The zero-order chi connectivity index (χ0) is 10.9. The smallest absolute Gasteiger partial charge is 0.0717 e. The molecule has 1 aliphatic heterocycles. The Morgan fingerprint density at radius 1 is 1.36 bits per heavy atom. The first-order valence-electron chi connectivity index (χ1n) is 5.45. The Hall–Kier alpha value is -0.120. The number of hydrogen-bond acceptors (Lipinski definition) is 3. The minimum Gasteiger partial charge on any atom is -0.393 e. The van der Waals surface area contributed by atoms with Crippen molar-refractivity contribution in [3.05, 3.63) is 0 Å². The minimum atomic E-state index is -0.371. The molecule has 1 fully saturated rings. The fourth-order valence-electron chi connectivity index (χ4n) is 2.27. The van der Waals surface area contributed by atoms with E-state index in [1.165, 1.54) is 0 Å². The van der Waals surface area contributed by atoms with Crippen molar-refractivity contribution in [2.24, 2.45) is 5.92 Å². The first kappa shape index (κ1) is 12.0. The maximum atomic E-state index is 9.93. The minimum absolute atomic E-state index is 0.0220. The third kappa shape index (κ3) is 2.94. The molecule has 3 N–H and O–H groups in total. The molecule has 0 radical (unpaired) electrons. The van der Waals surface area contributed by atoms with Crippen LogP contribution in [0.1, 0.15) is 40.5 Å². The van der Waals surface area contributed by atoms with Gasteiger partial charge in [0.2, 0.25) is 0 Å². The normalized spacial score (nSPS) is 34.5. The van der Waals surface area contributed by atoms with E-state index in [0.717, 1.165) is 6.42 Å². The molecule has 14 heavy (non-hydrogen) atoms. The number of piperidine rings is 1. The molecule has 0 bridgehead atoms. The zero-order valence-electron chi connectivity index (χ0n) is 9.62. The second-order valence-corrected chi connectivity index (χ2v) is 5.46. The van der Waals surface area contributed by atoms with Crippen molar-refractivity contribution in [2.75, 3.05) is 0 Å². The van der Waals surface area contributed by atoms with Crippen molar-refractivity contribution in [3.63, 3.8) is 0 Å². The predicted octanol–water partition coefficient (Wildman–Crippen LogP) is 0.895. The summed E-state index contributed by atoms with van der Waals surface area (Å²) in [5, 5.41) is 23.0. The van der Waals surface area contributed by atoms with Crippen LogP contribution >= 0.6 is 0 Å². The molecule has 84 valence electrons. The topological polar surface area (TPSA) is 52.5 Å². The van der Waals surface area contributed by atoms with E-state index in [2.05, 4.69) is 19.2 Å². The van der Waals surface area contributed by atoms with Crippen LogP contribution in [0.2, 0.25) is 0 Å². The van der Waals surface area contributed by atoms with E-state index in [1.807, 2.05) is 13.8 Å². The van der Waals surface area contributed by atoms with E-state index in [9.17, 15) is 10.2 Å². The average molecular weight is 201 g/mol. The van der Waals surface area contributed by atoms with Crippen LogP contribution in [-0.4, -0.2) is 34.0 Å². The van der Waals surface area contributed by atoms with Gasteiger partial charge in [0.25, 0.3) is 0 Å². The maximum absolute atomic E-state index is 9.93. The molecule has 3 nitrogen and oxygen atoms in total. The molecular formula is C11H23NO2. The molecule has 1 rings (SSSR count). The lowest BCUT2D eigenvalue weighted by Crippen LogP contribution is -2.58. The number of hydrogen-bond donors (Lipinski definition) is 3. The Bertz CT molecular complexity index is 192. The third-order valence-corrected chi connectivity index (χ3v) is 2.94. The van der Waals surface area contributed by atoms with Crippen molar-refractivity contribution in [1.82, 2.24) is 5.32 Å². The fraction of sp³-hybridized carbons (Fsp3) is 1.00. The van der Waals surface area contributed by atoms with Crippen LogP contribution < -0.4 is 5.32 Å². The van der Waals surface area contributed by atoms with Crippen molar-refractivity contribution in [2.45, 2.75) is 64.3 Å². The van der Waals surface area contributed by atoms with Crippen molar-refractivity contribution < 1.29 is 10.2 Å². The summed E-state index contributed by atoms with van der Waals surface area (Å²) in [7, 11) is 0. The van der Waals surface area contributed by atoms with E-state index in [4.69, 9.17) is 0 Å². The molecule has 1 aliphatic rings. The van der Waals surface area contributed by atoms with Crippen molar-refractivity contribution in [1.29, 1.82) is 0 Å². The summed E-state index contributed by atoms with van der Waals surface area (Å²) >= 11 is 0. The lowest BCUT2D eigenvalue weighted by molar-refractivity contribution is 0.000720. The molecule has 0 aromatic rings. The summed E-state index contributed by atoms with van der Waals surface area (Å²) in [4.78, 5) is 0. The Kier molecular flexibility index (Phi) is 3.56. The summed E-state index contributed by atoms with van der Waals surface area (Å²) in [5.41, 5.74) is -0.0712. The molecule has 3 unspecified atom stereocenters. The molecule has 3 heteroatoms. The van der Waals surface area contributed by atoms with Gasteiger partial charge in [-0.2, -0.15) is 0 Å². The maximum Gasteiger partial charge on any atom is 0.0717 e. The van der Waals surface area contributed by atoms with E-state index in [-0.39, 0.29) is 29.7 Å². The van der Waals surface area contributed by atoms with Gasteiger partial charge in [0.05, 0.1) is 12.2 Å². The first-order chi connectivity index (χ1) is 6.32. The first-order valence-corrected chi connectivity index (χ1v) is 5.45. The highest BCUT2D eigenvalue weighted by Crippen LogP contribution is 2.25. The highest BCUT2D eigenvalue weighted by Gasteiger charge is 2.36. The van der Waals surface area contributed by atoms with Crippen molar-refractivity contribution in [3.8, 4) is 0 Å². The van der Waals surface area contributed by atoms with Gasteiger partial charge in [-0.15, -0.1) is 0 Å². The lowest BCUT2D eigenvalue weighted by atomic mass is 9.83. The van der Waals surface area contributed by atoms with E-state index in [1.54, 1.807) is 0 Å². The van der Waals surface area contributed by atoms with Crippen LogP contribution in [0.4, 0.5) is 0 Å². The zero-order valence-corrected chi connectivity index (χ0v) is 9.62. The molecule has 1 heterocycles. The van der Waals surface area contributed by atoms with Gasteiger partial charge < -0.3 is 15.5 Å². The number of aliphatic hydroxyl groups excluding tert-OH is 2. The monoisotopic (exact) mass is 201 g/mol. The summed E-state index contributed by atoms with van der Waals surface area (Å²) < 4.78 is 0. The molecule has 1 saturated heterocycles. The van der Waals surface area contributed by atoms with Crippen LogP contribution in [0.5, 0.6) is 0 Å². The van der Waals surface area contributed by atoms with E-state index < -0.39 is 0 Å². The molecular weight excluding hydrogens is 178 g/mol. The third-order valence-electron chi connectivity index (χ3n) is 2.94. The van der Waals surface area contributed by atoms with Gasteiger partial charge in [0.15, 0.2) is 0 Å². The molecule has 0 aromatic heterocycles. The molecule has 0 amide bonds. The highest BCUT2D eigenvalue weighted by atomic mass is 16.3. The van der Waals surface area contributed by atoms with E-state index in [0.29, 0.717) is 6.42 Å². The van der Waals surface area contributed by atoms with Crippen LogP contribution in [0.25, 0.3) is 0 Å². The second-order valence-electron chi connectivity index (χ2n) is 5.46. The Morgan fingerprint density at radius 2 is 1.93 bits per heavy atom. The average Bonchev–Trinajstić information content (AvgIpc) is 1.98. The molecule has 0 aromatic carbocycles. The van der Waals surface area contributed by atoms with Crippen LogP contribution in [0, 0.1) is 5.92 Å². The Balaban J connectivity index is 2.62. The summed E-state index contributed by atoms with van der Waals surface area (Å²) in [5.74, 6) is 0.230. The highest BCUT2D eigenvalue weighted by molar-refractivity contribution is 4.95. The fourth-order valence-corrected chi connectivity index (χ4v) is 2.27. The van der Waals surface area contributed by atoms with Gasteiger partial charge in [0.1, 0.15) is 0 Å². The van der Waals surface area contributed by atoms with Gasteiger partial charge in [-0.05, 0) is 32.6 Å². The summed E-state index contributed by atoms with van der Waals surface area (Å²) in [6.45, 7) is 8.13. The molecule has 3 atom stereocenters. The molecule has 0 aliphatic carbocycles. The number of aliphatic hydroxyl groups is 2. The molecule has 0 saturated carbocycles. The van der Waals surface area contributed by atoms with Gasteiger partial charge in [-0.3, -0.25) is 0 Å². The van der Waals surface area contributed by atoms with Gasteiger partial charge in [0, 0.05) is 11.6 Å². The van der Waals surface area contributed by atoms with Gasteiger partial charge >= 0.3 is 0 Å². The van der Waals surface area contributed by atoms with Crippen molar-refractivity contribution >= 4 is 0 Å². The standard InChI is InChI=1S/C11H23NO2/c1-7(2)10(14)9-5-8(13)6-11(3,4)12-9/h7-10,12-14H,5-6H2,1-4H3. The Morgan fingerprint density at radius 3 is 2.36 bits per heavy atom. The van der Waals surface area contributed by atoms with Gasteiger partial charge in [-0.25, -0.2) is 0 Å². The number of nitrogens with one attached hydrogen (secondary N) is 1. The number of rotatable bonds is 2. The summed E-state index contributed by atoms with van der Waals surface area (Å²) in [6.07, 6.45) is 0.755. The molecule has 0 spiro atoms. The largest absolute Gasteiger partial charge is 0.393 e. The van der Waals surface area contributed by atoms with E-state index >= 15 is 0 Å².